The monoisotopic (exact) mass is 410 g/mol. The Morgan fingerprint density at radius 2 is 2.19 bits per heavy atom. The Morgan fingerprint density at radius 1 is 1.37 bits per heavy atom. The van der Waals surface area contributed by atoms with Gasteiger partial charge >= 0.3 is 0 Å². The van der Waals surface area contributed by atoms with Crippen molar-refractivity contribution >= 4 is 21.8 Å². The lowest BCUT2D eigenvalue weighted by atomic mass is 10.2. The largest absolute Gasteiger partial charge is 0.360 e. The first-order valence-corrected chi connectivity index (χ1v) is 11.6. The van der Waals surface area contributed by atoms with Gasteiger partial charge in [0.15, 0.2) is 5.76 Å². The van der Waals surface area contributed by atoms with Crippen LogP contribution in [0.3, 0.4) is 0 Å². The molecule has 0 N–H and O–H groups in total. The van der Waals surface area contributed by atoms with Crippen molar-refractivity contribution in [2.75, 3.05) is 12.3 Å². The Labute approximate surface area is 162 Å². The number of nitrogens with zero attached hydrogens (tertiary/aromatic N) is 4. The molecule has 2 aromatic rings. The molecular formula is C17H22N4O4S2. The van der Waals surface area contributed by atoms with E-state index in [-0.39, 0.29) is 23.0 Å². The number of sulfonamides is 1. The third-order valence-corrected chi connectivity index (χ3v) is 8.35. The number of hydrogen-bond acceptors (Lipinski definition) is 7. The summed E-state index contributed by atoms with van der Waals surface area (Å²) in [5.41, 5.74) is 2.14. The average molecular weight is 411 g/mol. The van der Waals surface area contributed by atoms with E-state index in [2.05, 4.69) is 10.3 Å². The van der Waals surface area contributed by atoms with Gasteiger partial charge in [0.25, 0.3) is 5.56 Å². The van der Waals surface area contributed by atoms with E-state index in [0.717, 1.165) is 35.6 Å². The lowest BCUT2D eigenvalue weighted by Crippen LogP contribution is -2.41. The predicted octanol–water partition coefficient (Wildman–Crippen LogP) is 1.49. The molecule has 10 heteroatoms. The molecule has 4 rings (SSSR count). The lowest BCUT2D eigenvalue weighted by Gasteiger charge is -2.24. The summed E-state index contributed by atoms with van der Waals surface area (Å²) in [6, 6.07) is 1.35. The van der Waals surface area contributed by atoms with Gasteiger partial charge in [-0.3, -0.25) is 4.79 Å². The molecule has 1 fully saturated rings. The second-order valence-corrected chi connectivity index (χ2v) is 9.94. The topological polar surface area (TPSA) is 98.3 Å². The van der Waals surface area contributed by atoms with Crippen LogP contribution in [0.1, 0.15) is 35.6 Å². The summed E-state index contributed by atoms with van der Waals surface area (Å²) in [4.78, 5) is 12.6. The van der Waals surface area contributed by atoms with Crippen molar-refractivity contribution in [2.45, 2.75) is 56.3 Å². The molecule has 0 saturated carbocycles. The number of rotatable bonds is 4. The molecule has 1 saturated heterocycles. The van der Waals surface area contributed by atoms with Crippen LogP contribution in [0.2, 0.25) is 0 Å². The van der Waals surface area contributed by atoms with Crippen LogP contribution >= 0.6 is 11.8 Å². The van der Waals surface area contributed by atoms with Crippen molar-refractivity contribution in [3.63, 3.8) is 0 Å². The Balaban J connectivity index is 1.64. The summed E-state index contributed by atoms with van der Waals surface area (Å²) in [7, 11) is -3.73. The zero-order valence-corrected chi connectivity index (χ0v) is 17.0. The molecule has 0 radical (unpaired) electrons. The standard InChI is InChI=1S/C17H22N4O4S2/c1-11-17(12(2)25-19-11)27(23,24)21-6-3-4-14(21)9-20-16(22)8-13-10-26-7-5-15(13)18-20/h8,14H,3-7,9-10H2,1-2H3. The molecule has 4 heterocycles. The fourth-order valence-electron chi connectivity index (χ4n) is 3.85. The zero-order valence-electron chi connectivity index (χ0n) is 15.3. The van der Waals surface area contributed by atoms with Gasteiger partial charge in [-0.25, -0.2) is 13.1 Å². The molecule has 8 nitrogen and oxygen atoms in total. The highest BCUT2D eigenvalue weighted by Crippen LogP contribution is 2.30. The van der Waals surface area contributed by atoms with E-state index in [1.54, 1.807) is 31.7 Å². The second kappa shape index (κ2) is 7.06. The fourth-order valence-corrected chi connectivity index (χ4v) is 6.78. The molecule has 2 aromatic heterocycles. The van der Waals surface area contributed by atoms with Gasteiger partial charge in [-0.2, -0.15) is 21.2 Å². The van der Waals surface area contributed by atoms with Crippen LogP contribution in [-0.2, 0) is 28.7 Å². The van der Waals surface area contributed by atoms with Gasteiger partial charge in [-0.05, 0) is 38.0 Å². The van der Waals surface area contributed by atoms with Crippen molar-refractivity contribution in [3.8, 4) is 0 Å². The number of aryl methyl sites for hydroxylation is 3. The summed E-state index contributed by atoms with van der Waals surface area (Å²) < 4.78 is 34.3. The summed E-state index contributed by atoms with van der Waals surface area (Å²) >= 11 is 1.80. The van der Waals surface area contributed by atoms with Gasteiger partial charge in [0.2, 0.25) is 10.0 Å². The van der Waals surface area contributed by atoms with Gasteiger partial charge in [-0.15, -0.1) is 0 Å². The van der Waals surface area contributed by atoms with Crippen molar-refractivity contribution in [2.24, 2.45) is 0 Å². The quantitative estimate of drug-likeness (QED) is 0.753. The molecule has 0 bridgehead atoms. The molecule has 27 heavy (non-hydrogen) atoms. The first kappa shape index (κ1) is 18.7. The van der Waals surface area contributed by atoms with Crippen molar-refractivity contribution in [1.82, 2.24) is 19.2 Å². The third kappa shape index (κ3) is 3.34. The van der Waals surface area contributed by atoms with E-state index in [9.17, 15) is 13.2 Å². The maximum atomic E-state index is 13.2. The minimum Gasteiger partial charge on any atom is -0.360 e. The summed E-state index contributed by atoms with van der Waals surface area (Å²) in [6.07, 6.45) is 2.29. The van der Waals surface area contributed by atoms with Gasteiger partial charge in [0.1, 0.15) is 10.6 Å². The summed E-state index contributed by atoms with van der Waals surface area (Å²) in [6.45, 7) is 3.92. The molecule has 0 spiro atoms. The number of aromatic nitrogens is 3. The highest BCUT2D eigenvalue weighted by Gasteiger charge is 2.39. The molecule has 146 valence electrons. The molecule has 2 aliphatic rings. The van der Waals surface area contributed by atoms with E-state index in [0.29, 0.717) is 24.4 Å². The van der Waals surface area contributed by atoms with Crippen LogP contribution in [0.4, 0.5) is 0 Å². The van der Waals surface area contributed by atoms with E-state index in [4.69, 9.17) is 4.52 Å². The first-order chi connectivity index (χ1) is 12.9. The maximum Gasteiger partial charge on any atom is 0.267 e. The van der Waals surface area contributed by atoms with Crippen LogP contribution in [0, 0.1) is 13.8 Å². The van der Waals surface area contributed by atoms with Gasteiger partial charge in [0.05, 0.1) is 12.2 Å². The zero-order chi connectivity index (χ0) is 19.2. The lowest BCUT2D eigenvalue weighted by molar-refractivity contribution is 0.332. The normalized spacial score (nSPS) is 20.7. The van der Waals surface area contributed by atoms with Gasteiger partial charge < -0.3 is 4.52 Å². The average Bonchev–Trinajstić information content (AvgIpc) is 3.22. The van der Waals surface area contributed by atoms with Crippen LogP contribution in [-0.4, -0.2) is 46.0 Å². The molecule has 0 amide bonds. The Morgan fingerprint density at radius 3 is 2.93 bits per heavy atom. The highest BCUT2D eigenvalue weighted by atomic mass is 32.2. The van der Waals surface area contributed by atoms with Crippen molar-refractivity contribution < 1.29 is 12.9 Å². The summed E-state index contributed by atoms with van der Waals surface area (Å²) in [5.74, 6) is 2.10. The number of thioether (sulfide) groups is 1. The molecule has 2 aliphatic heterocycles. The van der Waals surface area contributed by atoms with Gasteiger partial charge in [-0.1, -0.05) is 5.16 Å². The second-order valence-electron chi connectivity index (χ2n) is 7.00. The molecule has 0 aliphatic carbocycles. The van der Waals surface area contributed by atoms with E-state index < -0.39 is 10.0 Å². The minimum absolute atomic E-state index is 0.136. The van der Waals surface area contributed by atoms with Crippen LogP contribution in [0.25, 0.3) is 0 Å². The Hall–Kier alpha value is -1.65. The van der Waals surface area contributed by atoms with Crippen molar-refractivity contribution in [3.05, 3.63) is 39.1 Å². The van der Waals surface area contributed by atoms with E-state index in [1.807, 2.05) is 0 Å². The maximum absolute atomic E-state index is 13.2. The van der Waals surface area contributed by atoms with E-state index in [1.165, 1.54) is 8.99 Å². The molecule has 1 unspecified atom stereocenters. The Bertz CT molecular complexity index is 1010. The summed E-state index contributed by atoms with van der Waals surface area (Å²) in [5, 5.41) is 8.30. The highest BCUT2D eigenvalue weighted by molar-refractivity contribution is 7.98. The van der Waals surface area contributed by atoms with E-state index >= 15 is 0 Å². The number of hydrogen-bond donors (Lipinski definition) is 0. The SMILES string of the molecule is Cc1noc(C)c1S(=O)(=O)N1CCCC1Cn1nc2c(cc1=O)CSCC2. The van der Waals surface area contributed by atoms with Crippen LogP contribution in [0.15, 0.2) is 20.3 Å². The fraction of sp³-hybridized carbons (Fsp3) is 0.588. The Kier molecular flexibility index (Phi) is 4.89. The predicted molar refractivity (Wildman–Crippen MR) is 101 cm³/mol. The molecule has 1 atom stereocenters. The minimum atomic E-state index is -3.73. The van der Waals surface area contributed by atoms with Crippen LogP contribution in [0.5, 0.6) is 0 Å². The number of fused-ring (bicyclic) bond motifs is 1. The smallest absolute Gasteiger partial charge is 0.267 e. The first-order valence-electron chi connectivity index (χ1n) is 9.00. The van der Waals surface area contributed by atoms with Gasteiger partial charge in [0, 0.05) is 30.8 Å². The molecular weight excluding hydrogens is 388 g/mol. The van der Waals surface area contributed by atoms with Crippen molar-refractivity contribution in [1.29, 1.82) is 0 Å². The van der Waals surface area contributed by atoms with Crippen LogP contribution < -0.4 is 5.56 Å². The third-order valence-electron chi connectivity index (χ3n) is 5.15. The molecule has 0 aromatic carbocycles.